The molecular formula is C29H30F5N7S. The average Bonchev–Trinajstić information content (AvgIpc) is 3.71. The molecule has 0 unspecified atom stereocenters. The van der Waals surface area contributed by atoms with Crippen molar-refractivity contribution in [3.63, 3.8) is 0 Å². The molecule has 2 fully saturated rings. The van der Waals surface area contributed by atoms with Gasteiger partial charge in [-0.1, -0.05) is 0 Å². The van der Waals surface area contributed by atoms with E-state index in [0.29, 0.717) is 38.9 Å². The molecule has 0 atom stereocenters. The van der Waals surface area contributed by atoms with Gasteiger partial charge in [-0.05, 0) is 43.2 Å². The van der Waals surface area contributed by atoms with Crippen LogP contribution < -0.4 is 14.9 Å². The van der Waals surface area contributed by atoms with Gasteiger partial charge in [0.15, 0.2) is 17.5 Å². The quantitative estimate of drug-likeness (QED) is 0.192. The molecule has 222 valence electrons. The van der Waals surface area contributed by atoms with E-state index in [1.54, 1.807) is 29.4 Å². The molecule has 2 aromatic heterocycles. The van der Waals surface area contributed by atoms with Crippen LogP contribution in [-0.4, -0.2) is 65.5 Å². The summed E-state index contributed by atoms with van der Waals surface area (Å²) in [4.78, 5) is 5.81. The van der Waals surface area contributed by atoms with E-state index in [9.17, 15) is 8.78 Å². The minimum Gasteiger partial charge on any atom is -0.367 e. The molecule has 2 aliphatic rings. The number of piperazine rings is 1. The Labute approximate surface area is 245 Å². The molecule has 0 saturated carbocycles. The van der Waals surface area contributed by atoms with Gasteiger partial charge in [0.1, 0.15) is 17.2 Å². The lowest BCUT2D eigenvalue weighted by atomic mass is 10.0. The summed E-state index contributed by atoms with van der Waals surface area (Å²) in [5, 5.41) is 7.70. The molecule has 0 bridgehead atoms. The van der Waals surface area contributed by atoms with Gasteiger partial charge in [0.2, 0.25) is 0 Å². The van der Waals surface area contributed by atoms with Gasteiger partial charge in [-0.25, -0.2) is 26.5 Å². The maximum atomic E-state index is 15.9. The van der Waals surface area contributed by atoms with Gasteiger partial charge in [-0.3, -0.25) is 9.37 Å². The fourth-order valence-corrected chi connectivity index (χ4v) is 5.84. The number of nitrogens with zero attached hydrogens (tertiary/aromatic N) is 5. The van der Waals surface area contributed by atoms with Gasteiger partial charge < -0.3 is 14.9 Å². The Bertz CT molecular complexity index is 1510. The molecule has 0 aliphatic carbocycles. The summed E-state index contributed by atoms with van der Waals surface area (Å²) in [5.74, 6) is -3.38. The molecule has 4 heterocycles. The number of benzene rings is 2. The zero-order valence-corrected chi connectivity index (χ0v) is 23.7. The highest BCUT2D eigenvalue weighted by Crippen LogP contribution is 2.38. The zero-order chi connectivity index (χ0) is 29.6. The lowest BCUT2D eigenvalue weighted by Gasteiger charge is -2.29. The van der Waals surface area contributed by atoms with E-state index in [-0.39, 0.29) is 33.9 Å². The topological polar surface area (TPSA) is 61.2 Å². The van der Waals surface area contributed by atoms with E-state index >= 15 is 13.2 Å². The molecule has 0 amide bonds. The lowest BCUT2D eigenvalue weighted by molar-refractivity contribution is 0.493. The third-order valence-corrected chi connectivity index (χ3v) is 8.03. The lowest BCUT2D eigenvalue weighted by Crippen LogP contribution is -2.44. The van der Waals surface area contributed by atoms with Crippen LogP contribution in [0.3, 0.4) is 0 Å². The molecule has 2 saturated heterocycles. The Kier molecular flexibility index (Phi) is 9.60. The van der Waals surface area contributed by atoms with Gasteiger partial charge >= 0.3 is 0 Å². The number of anilines is 2. The van der Waals surface area contributed by atoms with Crippen LogP contribution in [-0.2, 0) is 0 Å². The summed E-state index contributed by atoms with van der Waals surface area (Å²) in [6, 6.07) is 8.48. The van der Waals surface area contributed by atoms with E-state index in [1.807, 2.05) is 4.31 Å². The molecule has 7 nitrogen and oxygen atoms in total. The van der Waals surface area contributed by atoms with Gasteiger partial charge in [0.05, 0.1) is 18.6 Å². The van der Waals surface area contributed by atoms with Crippen molar-refractivity contribution in [2.45, 2.75) is 12.8 Å². The Balaban J connectivity index is 0.00000173. The first-order valence-corrected chi connectivity index (χ1v) is 14.3. The van der Waals surface area contributed by atoms with Crippen molar-refractivity contribution in [2.24, 2.45) is 0 Å². The van der Waals surface area contributed by atoms with Crippen molar-refractivity contribution in [3.05, 3.63) is 78.3 Å². The molecule has 2 N–H and O–H groups in total. The molecule has 42 heavy (non-hydrogen) atoms. The normalized spacial score (nSPS) is 15.4. The fourth-order valence-electron chi connectivity index (χ4n) is 5.03. The molecular weight excluding hydrogens is 573 g/mol. The summed E-state index contributed by atoms with van der Waals surface area (Å²) < 4.78 is 77.0. The van der Waals surface area contributed by atoms with Crippen LogP contribution in [0, 0.1) is 23.3 Å². The Morgan fingerprint density at radius 2 is 1.48 bits per heavy atom. The first-order chi connectivity index (χ1) is 20.5. The minimum absolute atomic E-state index is 0.0158. The molecule has 4 aromatic rings. The number of nitrogens with one attached hydrogen (secondary N) is 2. The van der Waals surface area contributed by atoms with Gasteiger partial charge in [0, 0.05) is 92.7 Å². The summed E-state index contributed by atoms with van der Waals surface area (Å²) in [5.41, 5.74) is 1.02. The molecule has 13 heteroatoms. The van der Waals surface area contributed by atoms with Crippen LogP contribution in [0.25, 0.3) is 28.1 Å². The predicted octanol–water partition coefficient (Wildman–Crippen LogP) is 6.22. The van der Waals surface area contributed by atoms with Crippen molar-refractivity contribution >= 4 is 23.5 Å². The largest absolute Gasteiger partial charge is 0.367 e. The molecule has 2 aromatic carbocycles. The van der Waals surface area contributed by atoms with Crippen LogP contribution >= 0.6 is 12.1 Å². The highest BCUT2D eigenvalue weighted by Gasteiger charge is 2.25. The SMILES string of the molecule is CF.Fc1cc(NSN2CCCC2)c(F)c(-c2cn(-c3ccc(N4CCNCC4)c(F)c3F)nc2-c2ccncc2)c1. The van der Waals surface area contributed by atoms with E-state index < -0.39 is 23.3 Å². The summed E-state index contributed by atoms with van der Waals surface area (Å²) >= 11 is 1.23. The second-order valence-corrected chi connectivity index (χ2v) is 10.6. The molecule has 0 radical (unpaired) electrons. The maximum Gasteiger partial charge on any atom is 0.186 e. The van der Waals surface area contributed by atoms with Crippen LogP contribution in [0.1, 0.15) is 12.8 Å². The van der Waals surface area contributed by atoms with Crippen molar-refractivity contribution in [3.8, 4) is 28.1 Å². The maximum absolute atomic E-state index is 15.9. The second kappa shape index (κ2) is 13.5. The van der Waals surface area contributed by atoms with Crippen LogP contribution in [0.2, 0.25) is 0 Å². The smallest absolute Gasteiger partial charge is 0.186 e. The number of hydrogen-bond donors (Lipinski definition) is 2. The minimum atomic E-state index is -1.07. The van der Waals surface area contributed by atoms with Gasteiger partial charge in [-0.2, -0.15) is 5.10 Å². The van der Waals surface area contributed by atoms with Crippen molar-refractivity contribution < 1.29 is 22.0 Å². The average molecular weight is 604 g/mol. The summed E-state index contributed by atoms with van der Waals surface area (Å²) in [7, 11) is 0.500. The standard InChI is InChI=1S/C28H27F4N7S.CH3F/c29-19-15-20(25(30)22(16-19)36-40-38-11-1-2-12-38)21-17-39(35-28(21)18-5-7-33-8-6-18)24-4-3-23(26(31)27(24)32)37-13-9-34-10-14-37;1-2/h3-8,15-17,34,36H,1-2,9-14H2;1H3. The molecule has 6 rings (SSSR count). The Morgan fingerprint density at radius 1 is 0.810 bits per heavy atom. The monoisotopic (exact) mass is 603 g/mol. The number of aromatic nitrogens is 3. The predicted molar refractivity (Wildman–Crippen MR) is 156 cm³/mol. The molecule has 0 spiro atoms. The Hall–Kier alpha value is -3.68. The van der Waals surface area contributed by atoms with Crippen LogP contribution in [0.5, 0.6) is 0 Å². The number of pyridine rings is 1. The van der Waals surface area contributed by atoms with Gasteiger partial charge in [-0.15, -0.1) is 0 Å². The van der Waals surface area contributed by atoms with E-state index in [0.717, 1.165) is 38.1 Å². The Morgan fingerprint density at radius 3 is 2.19 bits per heavy atom. The van der Waals surface area contributed by atoms with Gasteiger partial charge in [0.25, 0.3) is 0 Å². The highest BCUT2D eigenvalue weighted by molar-refractivity contribution is 7.98. The zero-order valence-electron chi connectivity index (χ0n) is 22.9. The summed E-state index contributed by atoms with van der Waals surface area (Å²) in [6.07, 6.45) is 6.58. The highest BCUT2D eigenvalue weighted by atomic mass is 32.2. The second-order valence-electron chi connectivity index (χ2n) is 9.69. The number of rotatable bonds is 7. The van der Waals surface area contributed by atoms with Crippen molar-refractivity contribution in [2.75, 3.05) is 56.1 Å². The first-order valence-electron chi connectivity index (χ1n) is 13.5. The van der Waals surface area contributed by atoms with Crippen LogP contribution in [0.4, 0.5) is 33.3 Å². The third-order valence-electron chi connectivity index (χ3n) is 7.09. The van der Waals surface area contributed by atoms with E-state index in [2.05, 4.69) is 20.1 Å². The number of hydrogen-bond acceptors (Lipinski definition) is 7. The van der Waals surface area contributed by atoms with Crippen molar-refractivity contribution in [1.29, 1.82) is 0 Å². The number of halogens is 5. The first kappa shape index (κ1) is 29.8. The third kappa shape index (κ3) is 6.22. The summed E-state index contributed by atoms with van der Waals surface area (Å²) in [6.45, 7) is 4.17. The van der Waals surface area contributed by atoms with Crippen molar-refractivity contribution in [1.82, 2.24) is 24.4 Å². The fraction of sp³-hybridized carbons (Fsp3) is 0.310. The number of alkyl halides is 1. The van der Waals surface area contributed by atoms with E-state index in [1.165, 1.54) is 35.1 Å². The van der Waals surface area contributed by atoms with E-state index in [4.69, 9.17) is 0 Å². The molecule has 2 aliphatic heterocycles. The van der Waals surface area contributed by atoms with Crippen LogP contribution in [0.15, 0.2) is 55.0 Å².